The highest BCUT2D eigenvalue weighted by Gasteiger charge is 2.35. The van der Waals surface area contributed by atoms with Gasteiger partial charge in [-0.15, -0.1) is 0 Å². The summed E-state index contributed by atoms with van der Waals surface area (Å²) in [5.74, 6) is 0.535. The van der Waals surface area contributed by atoms with Crippen LogP contribution in [-0.2, 0) is 17.7 Å². The maximum atomic E-state index is 6.38. The molecule has 2 atom stereocenters. The summed E-state index contributed by atoms with van der Waals surface area (Å²) < 4.78 is 8.57. The lowest BCUT2D eigenvalue weighted by molar-refractivity contribution is -0.0425. The minimum atomic E-state index is 0.320. The molecule has 1 aliphatic carbocycles. The highest BCUT2D eigenvalue weighted by Crippen LogP contribution is 2.40. The van der Waals surface area contributed by atoms with E-state index in [-0.39, 0.29) is 0 Å². The summed E-state index contributed by atoms with van der Waals surface area (Å²) in [6.07, 6.45) is 10.6. The number of benzene rings is 1. The minimum absolute atomic E-state index is 0.320. The monoisotopic (exact) mass is 363 g/mol. The van der Waals surface area contributed by atoms with Crippen LogP contribution >= 0.6 is 0 Å². The number of pyridine rings is 1. The van der Waals surface area contributed by atoms with Crippen LogP contribution in [0.2, 0.25) is 0 Å². The number of hydrogen-bond donors (Lipinski definition) is 0. The van der Waals surface area contributed by atoms with Gasteiger partial charge in [0.15, 0.2) is 0 Å². The van der Waals surface area contributed by atoms with Crippen LogP contribution in [0, 0.1) is 11.3 Å². The van der Waals surface area contributed by atoms with E-state index in [2.05, 4.69) is 59.9 Å². The molecule has 1 aliphatic rings. The fraction of sp³-hybridized carbons (Fsp3) is 0.478. The van der Waals surface area contributed by atoms with Gasteiger partial charge in [-0.3, -0.25) is 4.98 Å². The van der Waals surface area contributed by atoms with Crippen molar-refractivity contribution >= 4 is 10.9 Å². The van der Waals surface area contributed by atoms with Crippen molar-refractivity contribution in [2.24, 2.45) is 11.3 Å². The van der Waals surface area contributed by atoms with E-state index in [1.165, 1.54) is 18.2 Å². The zero-order valence-corrected chi connectivity index (χ0v) is 16.3. The second-order valence-corrected chi connectivity index (χ2v) is 8.58. The Kier molecular flexibility index (Phi) is 5.26. The summed E-state index contributed by atoms with van der Waals surface area (Å²) in [7, 11) is 0. The summed E-state index contributed by atoms with van der Waals surface area (Å²) in [6, 6.07) is 12.6. The summed E-state index contributed by atoms with van der Waals surface area (Å²) in [6.45, 7) is 6.48. The highest BCUT2D eigenvalue weighted by atomic mass is 16.5. The summed E-state index contributed by atoms with van der Waals surface area (Å²) in [5, 5.41) is 1.19. The number of nitrogens with zero attached hydrogens (tertiary/aromatic N) is 3. The number of ether oxygens (including phenoxy) is 1. The molecule has 0 saturated heterocycles. The Morgan fingerprint density at radius 2 is 2.07 bits per heavy atom. The zero-order valence-electron chi connectivity index (χ0n) is 16.3. The lowest BCUT2D eigenvalue weighted by Gasteiger charge is -2.40. The number of rotatable bonds is 6. The standard InChI is InChI=1S/C23H29N3O/c1-23(2)11-9-22(19(15-23)16-26-13-12-24-17-26)27-14-10-20-8-7-18-5-3-4-6-21(18)25-20/h3-8,12-13,17,19,22H,9-11,14-16H2,1-2H3/t19-,22+/m0/s1. The largest absolute Gasteiger partial charge is 0.377 e. The number of imidazole rings is 1. The quantitative estimate of drug-likeness (QED) is 0.626. The molecule has 2 aromatic heterocycles. The molecule has 1 aromatic carbocycles. The Balaban J connectivity index is 1.37. The molecule has 4 nitrogen and oxygen atoms in total. The van der Waals surface area contributed by atoms with E-state index in [4.69, 9.17) is 9.72 Å². The van der Waals surface area contributed by atoms with Crippen LogP contribution in [0.25, 0.3) is 10.9 Å². The Labute approximate surface area is 161 Å². The van der Waals surface area contributed by atoms with Gasteiger partial charge in [0, 0.05) is 42.4 Å². The topological polar surface area (TPSA) is 39.9 Å². The van der Waals surface area contributed by atoms with Crippen molar-refractivity contribution in [1.29, 1.82) is 0 Å². The van der Waals surface area contributed by atoms with Gasteiger partial charge in [-0.05, 0) is 36.8 Å². The van der Waals surface area contributed by atoms with E-state index >= 15 is 0 Å². The molecule has 1 fully saturated rings. The molecule has 0 spiro atoms. The fourth-order valence-corrected chi connectivity index (χ4v) is 4.34. The smallest absolute Gasteiger partial charge is 0.0946 e. The molecule has 4 heteroatoms. The van der Waals surface area contributed by atoms with Crippen LogP contribution in [0.15, 0.2) is 55.1 Å². The first kappa shape index (κ1) is 18.2. The van der Waals surface area contributed by atoms with E-state index in [0.29, 0.717) is 17.4 Å². The van der Waals surface area contributed by atoms with Crippen LogP contribution in [0.5, 0.6) is 0 Å². The first-order valence-electron chi connectivity index (χ1n) is 10.0. The van der Waals surface area contributed by atoms with Crippen LogP contribution in [-0.4, -0.2) is 27.2 Å². The van der Waals surface area contributed by atoms with Crippen molar-refractivity contribution in [2.45, 2.75) is 52.2 Å². The van der Waals surface area contributed by atoms with Gasteiger partial charge in [-0.25, -0.2) is 4.98 Å². The van der Waals surface area contributed by atoms with Gasteiger partial charge in [-0.1, -0.05) is 38.1 Å². The summed E-state index contributed by atoms with van der Waals surface area (Å²) in [4.78, 5) is 8.96. The molecular weight excluding hydrogens is 334 g/mol. The molecule has 0 N–H and O–H groups in total. The third kappa shape index (κ3) is 4.56. The van der Waals surface area contributed by atoms with Gasteiger partial charge in [-0.2, -0.15) is 0 Å². The molecule has 0 bridgehead atoms. The van der Waals surface area contributed by atoms with Crippen molar-refractivity contribution in [2.75, 3.05) is 6.61 Å². The van der Waals surface area contributed by atoms with E-state index < -0.39 is 0 Å². The Morgan fingerprint density at radius 1 is 1.19 bits per heavy atom. The van der Waals surface area contributed by atoms with Crippen LogP contribution in [0.4, 0.5) is 0 Å². The number of aromatic nitrogens is 3. The second kappa shape index (κ2) is 7.81. The average molecular weight is 364 g/mol. The van der Waals surface area contributed by atoms with Crippen LogP contribution in [0.1, 0.15) is 38.8 Å². The summed E-state index contributed by atoms with van der Waals surface area (Å²) >= 11 is 0. The van der Waals surface area contributed by atoms with Gasteiger partial charge in [0.05, 0.1) is 24.6 Å². The van der Waals surface area contributed by atoms with E-state index in [1.54, 1.807) is 0 Å². The molecule has 0 unspecified atom stereocenters. The Hall–Kier alpha value is -2.20. The first-order valence-corrected chi connectivity index (χ1v) is 10.0. The van der Waals surface area contributed by atoms with Crippen LogP contribution in [0.3, 0.4) is 0 Å². The van der Waals surface area contributed by atoms with E-state index in [0.717, 1.165) is 37.2 Å². The van der Waals surface area contributed by atoms with Crippen molar-refractivity contribution < 1.29 is 4.74 Å². The molecule has 1 saturated carbocycles. The Bertz CT molecular complexity index is 872. The van der Waals surface area contributed by atoms with E-state index in [9.17, 15) is 0 Å². The molecular formula is C23H29N3O. The SMILES string of the molecule is CC1(C)CC[C@@H](OCCc2ccc3ccccc3n2)[C@H](Cn2ccnc2)C1. The van der Waals surface area contributed by atoms with Gasteiger partial charge >= 0.3 is 0 Å². The fourth-order valence-electron chi connectivity index (χ4n) is 4.34. The number of fused-ring (bicyclic) bond motifs is 1. The number of hydrogen-bond acceptors (Lipinski definition) is 3. The maximum absolute atomic E-state index is 6.38. The average Bonchev–Trinajstić information content (AvgIpc) is 3.16. The lowest BCUT2D eigenvalue weighted by atomic mass is 9.70. The molecule has 4 rings (SSSR count). The highest BCUT2D eigenvalue weighted by molar-refractivity contribution is 5.78. The molecule has 142 valence electrons. The molecule has 0 radical (unpaired) electrons. The van der Waals surface area contributed by atoms with E-state index in [1.807, 2.05) is 18.6 Å². The van der Waals surface area contributed by atoms with Crippen molar-refractivity contribution in [1.82, 2.24) is 14.5 Å². The third-order valence-corrected chi connectivity index (χ3v) is 5.80. The molecule has 27 heavy (non-hydrogen) atoms. The molecule has 0 aliphatic heterocycles. The normalized spacial score (nSPS) is 22.1. The van der Waals surface area contributed by atoms with Crippen molar-refractivity contribution in [3.63, 3.8) is 0 Å². The molecule has 0 amide bonds. The molecule has 2 heterocycles. The van der Waals surface area contributed by atoms with Gasteiger partial charge in [0.2, 0.25) is 0 Å². The molecule has 3 aromatic rings. The van der Waals surface area contributed by atoms with Gasteiger partial charge < -0.3 is 9.30 Å². The minimum Gasteiger partial charge on any atom is -0.377 e. The lowest BCUT2D eigenvalue weighted by Crippen LogP contribution is -2.37. The predicted octanol–water partition coefficient (Wildman–Crippen LogP) is 4.89. The third-order valence-electron chi connectivity index (χ3n) is 5.80. The summed E-state index contributed by atoms with van der Waals surface area (Å²) in [5.41, 5.74) is 2.56. The van der Waals surface area contributed by atoms with Gasteiger partial charge in [0.25, 0.3) is 0 Å². The number of para-hydroxylation sites is 1. The second-order valence-electron chi connectivity index (χ2n) is 8.58. The Morgan fingerprint density at radius 3 is 2.93 bits per heavy atom. The van der Waals surface area contributed by atoms with Crippen LogP contribution < -0.4 is 0 Å². The van der Waals surface area contributed by atoms with Gasteiger partial charge in [0.1, 0.15) is 0 Å². The van der Waals surface area contributed by atoms with Crippen molar-refractivity contribution in [3.05, 3.63) is 60.8 Å². The predicted molar refractivity (Wildman–Crippen MR) is 109 cm³/mol. The maximum Gasteiger partial charge on any atom is 0.0946 e. The van der Waals surface area contributed by atoms with Crippen molar-refractivity contribution in [3.8, 4) is 0 Å². The zero-order chi connectivity index (χ0) is 18.7. The first-order chi connectivity index (χ1) is 13.1.